The lowest BCUT2D eigenvalue weighted by Crippen LogP contribution is -2.04. The number of hydrogen-bond donors (Lipinski definition) is 1. The summed E-state index contributed by atoms with van der Waals surface area (Å²) in [5, 5.41) is 8.40. The van der Waals surface area contributed by atoms with E-state index in [2.05, 4.69) is 20.9 Å². The highest BCUT2D eigenvalue weighted by molar-refractivity contribution is 9.10. The molecule has 0 radical (unpaired) electrons. The van der Waals surface area contributed by atoms with Gasteiger partial charge in [0.1, 0.15) is 16.2 Å². The Morgan fingerprint density at radius 2 is 2.40 bits per heavy atom. The molecular formula is C6H3BrN2O. The highest BCUT2D eigenvalue weighted by Crippen LogP contribution is 2.05. The fourth-order valence-electron chi connectivity index (χ4n) is 0.558. The van der Waals surface area contributed by atoms with Gasteiger partial charge in [0.2, 0.25) is 0 Å². The van der Waals surface area contributed by atoms with Crippen molar-refractivity contribution in [1.29, 1.82) is 5.26 Å². The van der Waals surface area contributed by atoms with E-state index in [-0.39, 0.29) is 11.0 Å². The zero-order valence-corrected chi connectivity index (χ0v) is 6.47. The normalized spacial score (nSPS) is 8.80. The van der Waals surface area contributed by atoms with E-state index in [0.717, 1.165) is 0 Å². The highest BCUT2D eigenvalue weighted by Gasteiger charge is 2.00. The average molecular weight is 199 g/mol. The first-order chi connectivity index (χ1) is 4.75. The van der Waals surface area contributed by atoms with Crippen molar-refractivity contribution >= 4 is 15.9 Å². The second-order valence-corrected chi connectivity index (χ2v) is 2.44. The maximum absolute atomic E-state index is 10.8. The van der Waals surface area contributed by atoms with Crippen LogP contribution in [0.25, 0.3) is 0 Å². The van der Waals surface area contributed by atoms with Gasteiger partial charge >= 0.3 is 0 Å². The van der Waals surface area contributed by atoms with Crippen molar-refractivity contribution in [2.75, 3.05) is 0 Å². The van der Waals surface area contributed by atoms with Crippen molar-refractivity contribution in [1.82, 2.24) is 4.98 Å². The maximum Gasteiger partial charge on any atom is 0.200 e. The fraction of sp³-hybridized carbons (Fsp3) is 0. The number of H-pyrrole nitrogens is 1. The molecular weight excluding hydrogens is 196 g/mol. The number of nitriles is 1. The number of nitrogens with zero attached hydrogens (tertiary/aromatic N) is 1. The summed E-state index contributed by atoms with van der Waals surface area (Å²) in [5.41, 5.74) is -0.157. The van der Waals surface area contributed by atoms with Crippen LogP contribution in [0.4, 0.5) is 0 Å². The average Bonchev–Trinajstić information content (AvgIpc) is 1.88. The van der Waals surface area contributed by atoms with E-state index < -0.39 is 0 Å². The molecule has 1 aromatic heterocycles. The van der Waals surface area contributed by atoms with Crippen molar-refractivity contribution in [2.24, 2.45) is 0 Å². The van der Waals surface area contributed by atoms with Gasteiger partial charge in [0, 0.05) is 12.3 Å². The third-order valence-corrected chi connectivity index (χ3v) is 1.65. The van der Waals surface area contributed by atoms with Gasteiger partial charge in [0.05, 0.1) is 0 Å². The largest absolute Gasteiger partial charge is 0.355 e. The molecule has 3 nitrogen and oxygen atoms in total. The summed E-state index contributed by atoms with van der Waals surface area (Å²) in [6, 6.07) is 3.08. The molecule has 4 heteroatoms. The van der Waals surface area contributed by atoms with Crippen LogP contribution in [0.5, 0.6) is 0 Å². The summed E-state index contributed by atoms with van der Waals surface area (Å²) in [7, 11) is 0. The van der Waals surface area contributed by atoms with Crippen LogP contribution in [0.3, 0.4) is 0 Å². The monoisotopic (exact) mass is 198 g/mol. The van der Waals surface area contributed by atoms with Crippen LogP contribution in [0.2, 0.25) is 0 Å². The second-order valence-electron chi connectivity index (χ2n) is 1.64. The van der Waals surface area contributed by atoms with Crippen molar-refractivity contribution in [3.05, 3.63) is 32.7 Å². The minimum absolute atomic E-state index is 0.113. The zero-order valence-electron chi connectivity index (χ0n) is 4.89. The summed E-state index contributed by atoms with van der Waals surface area (Å²) in [4.78, 5) is 13.5. The summed E-state index contributed by atoms with van der Waals surface area (Å²) in [6.45, 7) is 0. The number of hydrogen-bond acceptors (Lipinski definition) is 2. The van der Waals surface area contributed by atoms with E-state index >= 15 is 0 Å². The van der Waals surface area contributed by atoms with Crippen molar-refractivity contribution in [3.8, 4) is 6.07 Å². The Bertz CT molecular complexity index is 336. The molecule has 10 heavy (non-hydrogen) atoms. The molecule has 0 bridgehead atoms. The molecule has 0 unspecified atom stereocenters. The lowest BCUT2D eigenvalue weighted by Gasteiger charge is -1.89. The Kier molecular flexibility index (Phi) is 1.88. The summed E-state index contributed by atoms with van der Waals surface area (Å²) in [5.74, 6) is 0. The van der Waals surface area contributed by atoms with Crippen LogP contribution < -0.4 is 5.43 Å². The SMILES string of the molecule is N#Cc1c(Br)[nH]ccc1=O. The molecule has 0 aliphatic rings. The van der Waals surface area contributed by atoms with Crippen molar-refractivity contribution < 1.29 is 0 Å². The number of aromatic nitrogens is 1. The van der Waals surface area contributed by atoms with Gasteiger partial charge < -0.3 is 4.98 Å². The van der Waals surface area contributed by atoms with E-state index in [0.29, 0.717) is 4.60 Å². The first-order valence-corrected chi connectivity index (χ1v) is 3.32. The molecule has 1 aromatic rings. The van der Waals surface area contributed by atoms with Crippen molar-refractivity contribution in [3.63, 3.8) is 0 Å². The zero-order chi connectivity index (χ0) is 7.56. The van der Waals surface area contributed by atoms with Gasteiger partial charge in [0.25, 0.3) is 0 Å². The molecule has 0 spiro atoms. The number of pyridine rings is 1. The van der Waals surface area contributed by atoms with E-state index in [1.807, 2.05) is 0 Å². The Balaban J connectivity index is 3.50. The minimum Gasteiger partial charge on any atom is -0.355 e. The Hall–Kier alpha value is -1.08. The lowest BCUT2D eigenvalue weighted by atomic mass is 10.3. The molecule has 0 aromatic carbocycles. The van der Waals surface area contributed by atoms with Crippen LogP contribution in [0, 0.1) is 11.3 Å². The minimum atomic E-state index is -0.270. The maximum atomic E-state index is 10.8. The van der Waals surface area contributed by atoms with Crippen molar-refractivity contribution in [2.45, 2.75) is 0 Å². The lowest BCUT2D eigenvalue weighted by molar-refractivity contribution is 1.22. The van der Waals surface area contributed by atoms with Crippen LogP contribution >= 0.6 is 15.9 Å². The van der Waals surface area contributed by atoms with Crippen LogP contribution in [0.1, 0.15) is 5.56 Å². The first kappa shape index (κ1) is 7.03. The number of nitrogens with one attached hydrogen (secondary N) is 1. The van der Waals surface area contributed by atoms with Gasteiger partial charge in [-0.25, -0.2) is 0 Å². The standard InChI is InChI=1S/C6H3BrN2O/c7-6-4(3-8)5(10)1-2-9-6/h1-2H,(H,9,10). The summed E-state index contributed by atoms with van der Waals surface area (Å²) < 4.78 is 0.433. The fourth-order valence-corrected chi connectivity index (χ4v) is 0.975. The molecule has 0 atom stereocenters. The molecule has 1 rings (SSSR count). The van der Waals surface area contributed by atoms with E-state index in [4.69, 9.17) is 5.26 Å². The number of rotatable bonds is 0. The molecule has 1 N–H and O–H groups in total. The summed E-state index contributed by atoms with van der Waals surface area (Å²) >= 11 is 3.03. The molecule has 0 aliphatic carbocycles. The molecule has 50 valence electrons. The van der Waals surface area contributed by atoms with Crippen LogP contribution in [-0.4, -0.2) is 4.98 Å². The van der Waals surface area contributed by atoms with Gasteiger partial charge in [0.15, 0.2) is 5.43 Å². The number of halogens is 1. The van der Waals surface area contributed by atoms with E-state index in [1.165, 1.54) is 12.3 Å². The second kappa shape index (κ2) is 2.67. The molecule has 0 amide bonds. The van der Waals surface area contributed by atoms with Crippen LogP contribution in [0.15, 0.2) is 21.7 Å². The first-order valence-electron chi connectivity index (χ1n) is 2.53. The van der Waals surface area contributed by atoms with Crippen LogP contribution in [-0.2, 0) is 0 Å². The third-order valence-electron chi connectivity index (χ3n) is 1.02. The summed E-state index contributed by atoms with van der Waals surface area (Å²) in [6.07, 6.45) is 1.48. The molecule has 0 saturated carbocycles. The van der Waals surface area contributed by atoms with Gasteiger partial charge in [-0.15, -0.1) is 0 Å². The predicted octanol–water partition coefficient (Wildman–Crippen LogP) is 1.01. The smallest absolute Gasteiger partial charge is 0.200 e. The Morgan fingerprint density at radius 1 is 1.70 bits per heavy atom. The Labute approximate surface area is 65.4 Å². The predicted molar refractivity (Wildman–Crippen MR) is 39.5 cm³/mol. The Morgan fingerprint density at radius 3 is 2.80 bits per heavy atom. The quantitative estimate of drug-likeness (QED) is 0.633. The van der Waals surface area contributed by atoms with Gasteiger partial charge in [-0.2, -0.15) is 5.26 Å². The highest BCUT2D eigenvalue weighted by atomic mass is 79.9. The van der Waals surface area contributed by atoms with Gasteiger partial charge in [-0.05, 0) is 15.9 Å². The third kappa shape index (κ3) is 1.09. The molecule has 0 saturated heterocycles. The number of aromatic amines is 1. The van der Waals surface area contributed by atoms with E-state index in [9.17, 15) is 4.79 Å². The molecule has 0 aliphatic heterocycles. The van der Waals surface area contributed by atoms with Gasteiger partial charge in [-0.1, -0.05) is 0 Å². The van der Waals surface area contributed by atoms with Gasteiger partial charge in [-0.3, -0.25) is 4.79 Å². The van der Waals surface area contributed by atoms with E-state index in [1.54, 1.807) is 6.07 Å². The molecule has 0 fully saturated rings. The topological polar surface area (TPSA) is 56.6 Å². The molecule has 1 heterocycles.